The molecule has 0 amide bonds. The predicted octanol–water partition coefficient (Wildman–Crippen LogP) is 3.39. The van der Waals surface area contributed by atoms with Gasteiger partial charge in [-0.15, -0.1) is 0 Å². The Balaban J connectivity index is 1.91. The Labute approximate surface area is 117 Å². The van der Waals surface area contributed by atoms with Crippen molar-refractivity contribution in [2.45, 2.75) is 32.6 Å². The zero-order chi connectivity index (χ0) is 13.9. The van der Waals surface area contributed by atoms with Crippen molar-refractivity contribution >= 4 is 5.82 Å². The van der Waals surface area contributed by atoms with Gasteiger partial charge in [0.05, 0.1) is 5.56 Å². The van der Waals surface area contributed by atoms with E-state index in [4.69, 9.17) is 19.7 Å². The lowest BCUT2D eigenvalue weighted by Gasteiger charge is -2.04. The van der Waals surface area contributed by atoms with Crippen molar-refractivity contribution < 1.29 is 14.0 Å². The van der Waals surface area contributed by atoms with Gasteiger partial charge in [0.2, 0.25) is 6.79 Å². The smallest absolute Gasteiger partial charge is 0.231 e. The molecule has 0 aliphatic carbocycles. The second-order valence-electron chi connectivity index (χ2n) is 4.89. The van der Waals surface area contributed by atoms with Gasteiger partial charge in [-0.05, 0) is 24.1 Å². The van der Waals surface area contributed by atoms with Gasteiger partial charge < -0.3 is 19.7 Å². The minimum atomic E-state index is 0.265. The van der Waals surface area contributed by atoms with Crippen LogP contribution in [0, 0.1) is 0 Å². The molecule has 1 aliphatic rings. The molecule has 106 valence electrons. The van der Waals surface area contributed by atoms with Crippen molar-refractivity contribution in [2.75, 3.05) is 12.5 Å². The summed E-state index contributed by atoms with van der Waals surface area (Å²) in [6.45, 7) is 2.44. The van der Waals surface area contributed by atoms with Crippen molar-refractivity contribution in [2.24, 2.45) is 0 Å². The number of aryl methyl sites for hydroxylation is 1. The fourth-order valence-electron chi connectivity index (χ4n) is 2.41. The maximum atomic E-state index is 5.95. The molecule has 0 bridgehead atoms. The number of fused-ring (bicyclic) bond motifs is 1. The lowest BCUT2D eigenvalue weighted by molar-refractivity contribution is 0.174. The number of rotatable bonds is 5. The Bertz CT molecular complexity index is 607. The molecule has 0 spiro atoms. The van der Waals surface area contributed by atoms with Gasteiger partial charge in [0.25, 0.3) is 0 Å². The van der Waals surface area contributed by atoms with Gasteiger partial charge in [-0.2, -0.15) is 0 Å². The molecule has 0 saturated carbocycles. The second-order valence-corrected chi connectivity index (χ2v) is 4.89. The molecule has 5 heteroatoms. The highest BCUT2D eigenvalue weighted by Crippen LogP contribution is 2.38. The Morgan fingerprint density at radius 2 is 2.05 bits per heavy atom. The van der Waals surface area contributed by atoms with E-state index in [1.807, 2.05) is 18.2 Å². The quantitative estimate of drug-likeness (QED) is 0.846. The Hall–Kier alpha value is -2.17. The number of nitrogen functional groups attached to an aromatic ring is 1. The molecule has 0 saturated heterocycles. The first-order valence-electron chi connectivity index (χ1n) is 6.93. The molecule has 0 unspecified atom stereocenters. The van der Waals surface area contributed by atoms with E-state index < -0.39 is 0 Å². The molecular formula is C15H18N2O3. The van der Waals surface area contributed by atoms with E-state index in [9.17, 15) is 0 Å². The third kappa shape index (κ3) is 2.31. The van der Waals surface area contributed by atoms with Crippen LogP contribution in [0.25, 0.3) is 11.1 Å². The summed E-state index contributed by atoms with van der Waals surface area (Å²) >= 11 is 0. The van der Waals surface area contributed by atoms with Crippen LogP contribution < -0.4 is 15.2 Å². The molecule has 2 heterocycles. The highest BCUT2D eigenvalue weighted by molar-refractivity contribution is 5.77. The van der Waals surface area contributed by atoms with Crippen LogP contribution in [0.1, 0.15) is 31.9 Å². The Kier molecular flexibility index (Phi) is 3.50. The van der Waals surface area contributed by atoms with Crippen molar-refractivity contribution in [1.29, 1.82) is 0 Å². The number of ether oxygens (including phenoxy) is 2. The van der Waals surface area contributed by atoms with Gasteiger partial charge in [0, 0.05) is 6.42 Å². The minimum Gasteiger partial charge on any atom is -0.454 e. The highest BCUT2D eigenvalue weighted by atomic mass is 16.7. The second kappa shape index (κ2) is 5.45. The number of hydrogen-bond donors (Lipinski definition) is 1. The van der Waals surface area contributed by atoms with Crippen LogP contribution in [-0.4, -0.2) is 11.9 Å². The van der Waals surface area contributed by atoms with Gasteiger partial charge in [0.15, 0.2) is 17.3 Å². The third-order valence-corrected chi connectivity index (χ3v) is 3.46. The first-order chi connectivity index (χ1) is 9.79. The summed E-state index contributed by atoms with van der Waals surface area (Å²) in [6, 6.07) is 5.77. The van der Waals surface area contributed by atoms with Gasteiger partial charge in [0.1, 0.15) is 5.76 Å². The fourth-order valence-corrected chi connectivity index (χ4v) is 2.41. The van der Waals surface area contributed by atoms with Crippen molar-refractivity contribution in [3.05, 3.63) is 24.0 Å². The standard InChI is InChI=1S/C15H18N2O3/c1-2-3-4-5-12-14(15(16)17-20-12)10-6-7-11-13(8-10)19-9-18-11/h6-8H,2-5,9H2,1H3,(H2,16,17). The van der Waals surface area contributed by atoms with E-state index >= 15 is 0 Å². The summed E-state index contributed by atoms with van der Waals surface area (Å²) in [4.78, 5) is 0. The van der Waals surface area contributed by atoms with E-state index in [1.165, 1.54) is 12.8 Å². The average molecular weight is 274 g/mol. The number of nitrogens with zero attached hydrogens (tertiary/aromatic N) is 1. The first-order valence-corrected chi connectivity index (χ1v) is 6.93. The normalized spacial score (nSPS) is 12.8. The molecule has 0 atom stereocenters. The van der Waals surface area contributed by atoms with Crippen LogP contribution in [0.15, 0.2) is 22.7 Å². The molecule has 2 aromatic rings. The van der Waals surface area contributed by atoms with Crippen LogP contribution in [0.3, 0.4) is 0 Å². The molecule has 1 aliphatic heterocycles. The summed E-state index contributed by atoms with van der Waals surface area (Å²) in [5.41, 5.74) is 7.78. The van der Waals surface area contributed by atoms with Gasteiger partial charge in [-0.1, -0.05) is 31.0 Å². The SMILES string of the molecule is CCCCCc1onc(N)c1-c1ccc2c(c1)OCO2. The zero-order valence-corrected chi connectivity index (χ0v) is 11.5. The number of benzene rings is 1. The van der Waals surface area contributed by atoms with Crippen LogP contribution in [0.4, 0.5) is 5.82 Å². The molecule has 0 radical (unpaired) electrons. The highest BCUT2D eigenvalue weighted by Gasteiger charge is 2.19. The molecule has 5 nitrogen and oxygen atoms in total. The predicted molar refractivity (Wildman–Crippen MR) is 75.7 cm³/mol. The molecule has 0 fully saturated rings. The van der Waals surface area contributed by atoms with Gasteiger partial charge in [-0.3, -0.25) is 0 Å². The van der Waals surface area contributed by atoms with Crippen LogP contribution in [0.2, 0.25) is 0 Å². The maximum absolute atomic E-state index is 5.95. The minimum absolute atomic E-state index is 0.265. The summed E-state index contributed by atoms with van der Waals surface area (Å²) < 4.78 is 16.1. The van der Waals surface area contributed by atoms with Crippen LogP contribution in [0.5, 0.6) is 11.5 Å². The largest absolute Gasteiger partial charge is 0.454 e. The summed E-state index contributed by atoms with van der Waals surface area (Å²) in [7, 11) is 0. The Morgan fingerprint density at radius 1 is 1.20 bits per heavy atom. The molecule has 2 N–H and O–H groups in total. The monoisotopic (exact) mass is 274 g/mol. The molecule has 3 rings (SSSR count). The number of nitrogens with two attached hydrogens (primary N) is 1. The number of aromatic nitrogens is 1. The van der Waals surface area contributed by atoms with E-state index in [1.54, 1.807) is 0 Å². The number of hydrogen-bond acceptors (Lipinski definition) is 5. The molecule has 1 aromatic heterocycles. The lowest BCUT2D eigenvalue weighted by atomic mass is 10.0. The number of anilines is 1. The van der Waals surface area contributed by atoms with Crippen LogP contribution in [-0.2, 0) is 6.42 Å². The van der Waals surface area contributed by atoms with Crippen LogP contribution >= 0.6 is 0 Å². The van der Waals surface area contributed by atoms with Gasteiger partial charge in [-0.25, -0.2) is 0 Å². The molecule has 20 heavy (non-hydrogen) atoms. The summed E-state index contributed by atoms with van der Waals surface area (Å²) in [5.74, 6) is 2.77. The third-order valence-electron chi connectivity index (χ3n) is 3.46. The van der Waals surface area contributed by atoms with E-state index in [0.717, 1.165) is 41.2 Å². The van der Waals surface area contributed by atoms with Gasteiger partial charge >= 0.3 is 0 Å². The first kappa shape index (κ1) is 12.8. The zero-order valence-electron chi connectivity index (χ0n) is 11.5. The Morgan fingerprint density at radius 3 is 2.90 bits per heavy atom. The fraction of sp³-hybridized carbons (Fsp3) is 0.400. The average Bonchev–Trinajstić information content (AvgIpc) is 3.05. The molecular weight excluding hydrogens is 256 g/mol. The van der Waals surface area contributed by atoms with E-state index in [-0.39, 0.29) is 6.79 Å². The van der Waals surface area contributed by atoms with E-state index in [0.29, 0.717) is 5.82 Å². The van der Waals surface area contributed by atoms with Crippen molar-refractivity contribution in [3.63, 3.8) is 0 Å². The van der Waals surface area contributed by atoms with Crippen molar-refractivity contribution in [3.8, 4) is 22.6 Å². The van der Waals surface area contributed by atoms with E-state index in [2.05, 4.69) is 12.1 Å². The topological polar surface area (TPSA) is 70.5 Å². The maximum Gasteiger partial charge on any atom is 0.231 e. The van der Waals surface area contributed by atoms with Crippen molar-refractivity contribution in [1.82, 2.24) is 5.16 Å². The number of unbranched alkanes of at least 4 members (excludes halogenated alkanes) is 2. The lowest BCUT2D eigenvalue weighted by Crippen LogP contribution is -1.93. The summed E-state index contributed by atoms with van der Waals surface area (Å²) in [6.07, 6.45) is 4.26. The molecule has 1 aromatic carbocycles. The summed E-state index contributed by atoms with van der Waals surface area (Å²) in [5, 5.41) is 3.90.